The van der Waals surface area contributed by atoms with Crippen molar-refractivity contribution in [3.8, 4) is 0 Å². The highest BCUT2D eigenvalue weighted by Crippen LogP contribution is 2.41. The Morgan fingerprint density at radius 3 is 2.89 bits per heavy atom. The van der Waals surface area contributed by atoms with Crippen LogP contribution >= 0.6 is 27.3 Å². The molecule has 1 unspecified atom stereocenters. The van der Waals surface area contributed by atoms with Crippen molar-refractivity contribution in [3.63, 3.8) is 0 Å². The smallest absolute Gasteiger partial charge is 0.0331 e. The summed E-state index contributed by atoms with van der Waals surface area (Å²) in [5.74, 6) is 0. The number of hydrogen-bond acceptors (Lipinski definition) is 2. The molecule has 0 radical (unpaired) electrons. The fourth-order valence-electron chi connectivity index (χ4n) is 3.84. The molecule has 1 fully saturated rings. The molecule has 19 heavy (non-hydrogen) atoms. The van der Waals surface area contributed by atoms with Crippen LogP contribution in [0.2, 0.25) is 0 Å². The Kier molecular flexibility index (Phi) is 4.35. The first-order valence-electron chi connectivity index (χ1n) is 7.60. The Morgan fingerprint density at radius 1 is 1.37 bits per heavy atom. The van der Waals surface area contributed by atoms with Gasteiger partial charge in [-0.3, -0.25) is 4.90 Å². The molecule has 0 amide bonds. The minimum atomic E-state index is 0.542. The molecule has 0 bridgehead atoms. The molecule has 1 aliphatic heterocycles. The zero-order valence-corrected chi connectivity index (χ0v) is 14.2. The van der Waals surface area contributed by atoms with Gasteiger partial charge in [0.1, 0.15) is 0 Å². The minimum absolute atomic E-state index is 0.542. The average molecular weight is 342 g/mol. The first kappa shape index (κ1) is 14.1. The molecule has 0 spiro atoms. The summed E-state index contributed by atoms with van der Waals surface area (Å²) in [7, 11) is 0. The molecule has 0 N–H and O–H groups in total. The number of nitrogens with zero attached hydrogens (tertiary/aromatic N) is 1. The number of hydrogen-bond donors (Lipinski definition) is 0. The maximum absolute atomic E-state index is 3.81. The van der Waals surface area contributed by atoms with Crippen LogP contribution in [-0.4, -0.2) is 23.3 Å². The van der Waals surface area contributed by atoms with Crippen LogP contribution < -0.4 is 0 Å². The van der Waals surface area contributed by atoms with Crippen LogP contribution in [0.5, 0.6) is 0 Å². The van der Waals surface area contributed by atoms with E-state index in [1.54, 1.807) is 10.4 Å². The van der Waals surface area contributed by atoms with Crippen molar-refractivity contribution in [2.24, 2.45) is 5.41 Å². The van der Waals surface area contributed by atoms with Crippen molar-refractivity contribution in [2.75, 3.05) is 18.4 Å². The zero-order valence-electron chi connectivity index (χ0n) is 11.8. The van der Waals surface area contributed by atoms with Crippen LogP contribution in [0.25, 0.3) is 0 Å². The van der Waals surface area contributed by atoms with Crippen molar-refractivity contribution in [3.05, 3.63) is 21.9 Å². The molecule has 1 nitrogen and oxygen atoms in total. The molecule has 1 aromatic heterocycles. The van der Waals surface area contributed by atoms with Crippen LogP contribution in [0.3, 0.4) is 0 Å². The van der Waals surface area contributed by atoms with E-state index in [1.165, 1.54) is 56.9 Å². The van der Waals surface area contributed by atoms with Gasteiger partial charge in [0.2, 0.25) is 0 Å². The maximum Gasteiger partial charge on any atom is 0.0331 e. The third kappa shape index (κ3) is 2.79. The highest BCUT2D eigenvalue weighted by Gasteiger charge is 2.35. The Bertz CT molecular complexity index is 422. The monoisotopic (exact) mass is 341 g/mol. The van der Waals surface area contributed by atoms with Crippen LogP contribution in [0.4, 0.5) is 0 Å². The summed E-state index contributed by atoms with van der Waals surface area (Å²) in [6, 6.07) is 2.96. The van der Waals surface area contributed by atoms with E-state index >= 15 is 0 Å². The topological polar surface area (TPSA) is 3.24 Å². The second-order valence-corrected chi connectivity index (χ2v) is 7.95. The van der Waals surface area contributed by atoms with E-state index in [9.17, 15) is 0 Å². The quantitative estimate of drug-likeness (QED) is 0.698. The summed E-state index contributed by atoms with van der Waals surface area (Å²) < 4.78 is 0. The largest absolute Gasteiger partial charge is 0.296 e. The first-order valence-corrected chi connectivity index (χ1v) is 9.60. The van der Waals surface area contributed by atoms with Gasteiger partial charge in [-0.15, -0.1) is 11.3 Å². The van der Waals surface area contributed by atoms with E-state index in [-0.39, 0.29) is 0 Å². The molecular weight excluding hydrogens is 318 g/mol. The molecule has 106 valence electrons. The standard InChI is InChI=1S/C16H24BrNS/c1-13-14-6-10-19-15(14)5-9-18(13)12-16(11-17)7-3-2-4-8-16/h6,10,13H,2-5,7-9,11-12H2,1H3. The van der Waals surface area contributed by atoms with Gasteiger partial charge in [-0.05, 0) is 48.6 Å². The molecule has 2 aliphatic rings. The van der Waals surface area contributed by atoms with E-state index in [0.717, 1.165) is 0 Å². The molecule has 3 heteroatoms. The molecular formula is C16H24BrNS. The first-order chi connectivity index (χ1) is 9.24. The molecule has 1 atom stereocenters. The zero-order chi connectivity index (χ0) is 13.3. The molecule has 0 saturated heterocycles. The summed E-state index contributed by atoms with van der Waals surface area (Å²) in [5.41, 5.74) is 2.14. The number of fused-ring (bicyclic) bond motifs is 1. The predicted octanol–water partition coefficient (Wildman–Crippen LogP) is 5.01. The maximum atomic E-state index is 3.81. The third-order valence-corrected chi connectivity index (χ3v) is 7.33. The lowest BCUT2D eigenvalue weighted by Gasteiger charge is -2.43. The number of halogens is 1. The van der Waals surface area contributed by atoms with Crippen LogP contribution in [-0.2, 0) is 6.42 Å². The number of alkyl halides is 1. The van der Waals surface area contributed by atoms with Gasteiger partial charge in [-0.2, -0.15) is 0 Å². The van der Waals surface area contributed by atoms with Crippen LogP contribution in [0, 0.1) is 5.41 Å². The summed E-state index contributed by atoms with van der Waals surface area (Å²) in [5, 5.41) is 3.45. The molecule has 0 aromatic carbocycles. The van der Waals surface area contributed by atoms with Crippen LogP contribution in [0.15, 0.2) is 11.4 Å². The van der Waals surface area contributed by atoms with Gasteiger partial charge in [0, 0.05) is 29.3 Å². The van der Waals surface area contributed by atoms with E-state index in [0.29, 0.717) is 11.5 Å². The summed E-state index contributed by atoms with van der Waals surface area (Å²) in [6.07, 6.45) is 8.39. The van der Waals surface area contributed by atoms with Gasteiger partial charge in [0.15, 0.2) is 0 Å². The molecule has 2 heterocycles. The van der Waals surface area contributed by atoms with Crippen molar-refractivity contribution in [1.29, 1.82) is 0 Å². The Hall–Kier alpha value is 0.140. The minimum Gasteiger partial charge on any atom is -0.296 e. The normalized spacial score (nSPS) is 27.2. The van der Waals surface area contributed by atoms with Gasteiger partial charge in [0.05, 0.1) is 0 Å². The number of rotatable bonds is 3. The lowest BCUT2D eigenvalue weighted by atomic mass is 9.75. The van der Waals surface area contributed by atoms with Gasteiger partial charge in [-0.1, -0.05) is 35.2 Å². The van der Waals surface area contributed by atoms with Gasteiger partial charge >= 0.3 is 0 Å². The van der Waals surface area contributed by atoms with Gasteiger partial charge in [-0.25, -0.2) is 0 Å². The molecule has 3 rings (SSSR count). The fraction of sp³-hybridized carbons (Fsp3) is 0.750. The number of thiophene rings is 1. The molecule has 1 saturated carbocycles. The van der Waals surface area contributed by atoms with Crippen molar-refractivity contribution in [2.45, 2.75) is 51.5 Å². The Morgan fingerprint density at radius 2 is 2.16 bits per heavy atom. The summed E-state index contributed by atoms with van der Waals surface area (Å²) in [6.45, 7) is 4.94. The molecule has 1 aliphatic carbocycles. The lowest BCUT2D eigenvalue weighted by molar-refractivity contribution is 0.0936. The van der Waals surface area contributed by atoms with Crippen molar-refractivity contribution < 1.29 is 0 Å². The molecule has 1 aromatic rings. The van der Waals surface area contributed by atoms with Crippen molar-refractivity contribution >= 4 is 27.3 Å². The van der Waals surface area contributed by atoms with E-state index in [4.69, 9.17) is 0 Å². The summed E-state index contributed by atoms with van der Waals surface area (Å²) in [4.78, 5) is 4.36. The Labute approximate surface area is 129 Å². The van der Waals surface area contributed by atoms with Crippen molar-refractivity contribution in [1.82, 2.24) is 4.90 Å². The highest BCUT2D eigenvalue weighted by molar-refractivity contribution is 9.09. The van der Waals surface area contributed by atoms with Gasteiger partial charge in [0.25, 0.3) is 0 Å². The van der Waals surface area contributed by atoms with E-state index in [2.05, 4.69) is 39.2 Å². The van der Waals surface area contributed by atoms with E-state index in [1.807, 2.05) is 11.3 Å². The third-order valence-electron chi connectivity index (χ3n) is 5.14. The second kappa shape index (κ2) is 5.87. The lowest BCUT2D eigenvalue weighted by Crippen LogP contribution is -2.44. The second-order valence-electron chi connectivity index (χ2n) is 6.39. The van der Waals surface area contributed by atoms with E-state index < -0.39 is 0 Å². The predicted molar refractivity (Wildman–Crippen MR) is 87.3 cm³/mol. The summed E-state index contributed by atoms with van der Waals surface area (Å²) >= 11 is 5.76. The average Bonchev–Trinajstić information content (AvgIpc) is 2.92. The van der Waals surface area contributed by atoms with Gasteiger partial charge < -0.3 is 0 Å². The SMILES string of the molecule is CC1c2ccsc2CCN1CC1(CBr)CCCCC1. The highest BCUT2D eigenvalue weighted by atomic mass is 79.9. The van der Waals surface area contributed by atoms with Crippen LogP contribution in [0.1, 0.15) is 55.5 Å². The Balaban J connectivity index is 1.73. The fourth-order valence-corrected chi connectivity index (χ4v) is 5.54.